The molecule has 4 rings (SSSR count). The van der Waals surface area contributed by atoms with Crippen LogP contribution in [-0.4, -0.2) is 21.5 Å². The van der Waals surface area contributed by atoms with E-state index in [0.29, 0.717) is 17.9 Å². The SMILES string of the molecule is CC(C)Cc1ccc(-c2ccc(CC3=CC(=O)c4ncncc4C3=O)cc2)cc1. The number of hydrogen-bond acceptors (Lipinski definition) is 4. The number of Topliss-reactive ketones (excluding diaryl/α,β-unsaturated/α-hetero) is 1. The molecular weight excluding hydrogens is 360 g/mol. The van der Waals surface area contributed by atoms with Crippen molar-refractivity contribution in [2.24, 2.45) is 5.92 Å². The van der Waals surface area contributed by atoms with Crippen LogP contribution in [0.3, 0.4) is 0 Å². The summed E-state index contributed by atoms with van der Waals surface area (Å²) in [5.74, 6) is 0.225. The molecule has 1 aromatic heterocycles. The highest BCUT2D eigenvalue weighted by molar-refractivity contribution is 6.23. The van der Waals surface area contributed by atoms with Crippen molar-refractivity contribution >= 4 is 11.6 Å². The number of nitrogens with zero attached hydrogens (tertiary/aromatic N) is 2. The van der Waals surface area contributed by atoms with E-state index in [1.54, 1.807) is 0 Å². The molecule has 1 aliphatic carbocycles. The number of ketones is 2. The lowest BCUT2D eigenvalue weighted by atomic mass is 9.90. The third-order valence-corrected chi connectivity index (χ3v) is 5.07. The van der Waals surface area contributed by atoms with Gasteiger partial charge < -0.3 is 0 Å². The molecule has 1 aliphatic rings. The second-order valence-corrected chi connectivity index (χ2v) is 7.82. The summed E-state index contributed by atoms with van der Waals surface area (Å²) in [6.45, 7) is 4.44. The summed E-state index contributed by atoms with van der Waals surface area (Å²) in [7, 11) is 0. The van der Waals surface area contributed by atoms with Crippen LogP contribution in [0.2, 0.25) is 0 Å². The van der Waals surface area contributed by atoms with Crippen molar-refractivity contribution in [2.45, 2.75) is 26.7 Å². The molecule has 4 nitrogen and oxygen atoms in total. The molecule has 2 aromatic carbocycles. The fourth-order valence-electron chi connectivity index (χ4n) is 3.63. The minimum absolute atomic E-state index is 0.176. The lowest BCUT2D eigenvalue weighted by Crippen LogP contribution is -2.20. The number of fused-ring (bicyclic) bond motifs is 1. The van der Waals surface area contributed by atoms with Crippen LogP contribution >= 0.6 is 0 Å². The molecule has 0 N–H and O–H groups in total. The van der Waals surface area contributed by atoms with E-state index in [1.807, 2.05) is 12.1 Å². The number of benzene rings is 2. The monoisotopic (exact) mass is 382 g/mol. The molecule has 0 unspecified atom stereocenters. The lowest BCUT2D eigenvalue weighted by molar-refractivity contribution is 0.0978. The predicted molar refractivity (Wildman–Crippen MR) is 113 cm³/mol. The summed E-state index contributed by atoms with van der Waals surface area (Å²) in [5, 5.41) is 0. The van der Waals surface area contributed by atoms with Crippen LogP contribution in [0, 0.1) is 5.92 Å². The van der Waals surface area contributed by atoms with E-state index < -0.39 is 0 Å². The van der Waals surface area contributed by atoms with Crippen molar-refractivity contribution in [2.75, 3.05) is 0 Å². The number of hydrogen-bond donors (Lipinski definition) is 0. The van der Waals surface area contributed by atoms with Crippen molar-refractivity contribution in [1.82, 2.24) is 9.97 Å². The van der Waals surface area contributed by atoms with Crippen molar-refractivity contribution in [1.29, 1.82) is 0 Å². The molecule has 0 saturated heterocycles. The zero-order valence-corrected chi connectivity index (χ0v) is 16.6. The predicted octanol–water partition coefficient (Wildman–Crippen LogP) is 4.89. The van der Waals surface area contributed by atoms with E-state index in [1.165, 1.54) is 29.7 Å². The average molecular weight is 382 g/mol. The van der Waals surface area contributed by atoms with E-state index in [2.05, 4.69) is 60.2 Å². The Hall–Kier alpha value is -3.40. The number of carbonyl (C=O) groups excluding carboxylic acids is 2. The molecule has 1 heterocycles. The molecular formula is C25H22N2O2. The van der Waals surface area contributed by atoms with Crippen LogP contribution in [0.15, 0.2) is 72.7 Å². The first-order valence-electron chi connectivity index (χ1n) is 9.79. The summed E-state index contributed by atoms with van der Waals surface area (Å²) >= 11 is 0. The van der Waals surface area contributed by atoms with E-state index >= 15 is 0 Å². The zero-order valence-electron chi connectivity index (χ0n) is 16.6. The molecule has 0 fully saturated rings. The first kappa shape index (κ1) is 18.9. The Labute approximate surface area is 170 Å². The number of rotatable bonds is 5. The summed E-state index contributed by atoms with van der Waals surface area (Å²) < 4.78 is 0. The van der Waals surface area contributed by atoms with Crippen LogP contribution in [0.25, 0.3) is 11.1 Å². The van der Waals surface area contributed by atoms with Crippen LogP contribution < -0.4 is 0 Å². The normalized spacial score (nSPS) is 13.4. The smallest absolute Gasteiger partial charge is 0.205 e. The standard InChI is InChI=1S/C25H22N2O2/c1-16(2)11-17-3-7-19(8-4-17)20-9-5-18(6-10-20)12-21-13-23(28)24-22(25(21)29)14-26-15-27-24/h3-10,13-16H,11-12H2,1-2H3. The maximum atomic E-state index is 12.7. The van der Waals surface area contributed by atoms with E-state index in [-0.39, 0.29) is 22.8 Å². The molecule has 0 amide bonds. The van der Waals surface area contributed by atoms with Crippen molar-refractivity contribution in [3.05, 3.63) is 95.1 Å². The first-order valence-corrected chi connectivity index (χ1v) is 9.79. The van der Waals surface area contributed by atoms with Gasteiger partial charge in [-0.25, -0.2) is 9.97 Å². The summed E-state index contributed by atoms with van der Waals surface area (Å²) in [4.78, 5) is 32.7. The van der Waals surface area contributed by atoms with Crippen molar-refractivity contribution in [3.63, 3.8) is 0 Å². The minimum atomic E-state index is -0.241. The van der Waals surface area contributed by atoms with Gasteiger partial charge in [0.05, 0.1) is 5.56 Å². The molecule has 4 heteroatoms. The highest BCUT2D eigenvalue weighted by Gasteiger charge is 2.26. The molecule has 0 saturated carbocycles. The second kappa shape index (κ2) is 7.92. The molecule has 0 radical (unpaired) electrons. The first-order chi connectivity index (χ1) is 14.0. The van der Waals surface area contributed by atoms with Gasteiger partial charge in [-0.15, -0.1) is 0 Å². The van der Waals surface area contributed by atoms with E-state index in [9.17, 15) is 9.59 Å². The van der Waals surface area contributed by atoms with Gasteiger partial charge >= 0.3 is 0 Å². The van der Waals surface area contributed by atoms with Gasteiger partial charge in [0.1, 0.15) is 12.0 Å². The summed E-state index contributed by atoms with van der Waals surface area (Å²) in [5.41, 5.74) is 5.57. The highest BCUT2D eigenvalue weighted by atomic mass is 16.1. The van der Waals surface area contributed by atoms with Gasteiger partial charge in [-0.1, -0.05) is 62.4 Å². The Kier molecular flexibility index (Phi) is 5.17. The van der Waals surface area contributed by atoms with Gasteiger partial charge in [0, 0.05) is 18.2 Å². The fourth-order valence-corrected chi connectivity index (χ4v) is 3.63. The largest absolute Gasteiger partial charge is 0.289 e. The second-order valence-electron chi connectivity index (χ2n) is 7.82. The van der Waals surface area contributed by atoms with E-state index in [0.717, 1.165) is 17.5 Å². The van der Waals surface area contributed by atoms with Crippen LogP contribution in [0.4, 0.5) is 0 Å². The van der Waals surface area contributed by atoms with Crippen LogP contribution in [0.1, 0.15) is 45.8 Å². The van der Waals surface area contributed by atoms with E-state index in [4.69, 9.17) is 0 Å². The Morgan fingerprint density at radius 2 is 1.48 bits per heavy atom. The summed E-state index contributed by atoms with van der Waals surface area (Å²) in [6.07, 6.45) is 5.60. The average Bonchev–Trinajstić information content (AvgIpc) is 2.73. The minimum Gasteiger partial charge on any atom is -0.289 e. The molecule has 0 aliphatic heterocycles. The molecule has 0 spiro atoms. The number of aromatic nitrogens is 2. The third-order valence-electron chi connectivity index (χ3n) is 5.07. The van der Waals surface area contributed by atoms with Crippen LogP contribution in [-0.2, 0) is 12.8 Å². The Balaban J connectivity index is 1.50. The highest BCUT2D eigenvalue weighted by Crippen LogP contribution is 2.25. The van der Waals surface area contributed by atoms with Gasteiger partial charge in [-0.05, 0) is 40.7 Å². The fraction of sp³-hybridized carbons (Fsp3) is 0.200. The van der Waals surface area contributed by atoms with Crippen LogP contribution in [0.5, 0.6) is 0 Å². The maximum Gasteiger partial charge on any atom is 0.205 e. The zero-order chi connectivity index (χ0) is 20.4. The van der Waals surface area contributed by atoms with Gasteiger partial charge in [0.25, 0.3) is 0 Å². The number of allylic oxidation sites excluding steroid dienone is 2. The van der Waals surface area contributed by atoms with Gasteiger partial charge in [0.15, 0.2) is 5.78 Å². The maximum absolute atomic E-state index is 12.7. The summed E-state index contributed by atoms with van der Waals surface area (Å²) in [6, 6.07) is 16.8. The lowest BCUT2D eigenvalue weighted by Gasteiger charge is -2.14. The Morgan fingerprint density at radius 3 is 2.10 bits per heavy atom. The molecule has 144 valence electrons. The molecule has 3 aromatic rings. The Bertz CT molecular complexity index is 1090. The van der Waals surface area contributed by atoms with Gasteiger partial charge in [0.2, 0.25) is 5.78 Å². The van der Waals surface area contributed by atoms with Crippen molar-refractivity contribution in [3.8, 4) is 11.1 Å². The quantitative estimate of drug-likeness (QED) is 0.630. The van der Waals surface area contributed by atoms with Gasteiger partial charge in [-0.2, -0.15) is 0 Å². The third kappa shape index (κ3) is 4.06. The van der Waals surface area contributed by atoms with Crippen molar-refractivity contribution < 1.29 is 9.59 Å². The number of carbonyl (C=O) groups is 2. The molecule has 29 heavy (non-hydrogen) atoms. The topological polar surface area (TPSA) is 59.9 Å². The molecule has 0 bridgehead atoms. The molecule has 0 atom stereocenters. The Morgan fingerprint density at radius 1 is 0.862 bits per heavy atom. The van der Waals surface area contributed by atoms with Gasteiger partial charge in [-0.3, -0.25) is 9.59 Å².